The highest BCUT2D eigenvalue weighted by Gasteiger charge is 2.18. The summed E-state index contributed by atoms with van der Waals surface area (Å²) in [5, 5.41) is 3.15. The molecule has 0 atom stereocenters. The van der Waals surface area contributed by atoms with Gasteiger partial charge in [0.1, 0.15) is 6.10 Å². The lowest BCUT2D eigenvalue weighted by Crippen LogP contribution is -2.50. The van der Waals surface area contributed by atoms with Gasteiger partial charge < -0.3 is 10.1 Å². The fourth-order valence-corrected chi connectivity index (χ4v) is 1.51. The zero-order valence-corrected chi connectivity index (χ0v) is 9.41. The van der Waals surface area contributed by atoms with Crippen molar-refractivity contribution in [3.8, 4) is 5.88 Å². The maximum atomic E-state index is 5.62. The minimum atomic E-state index is 0. The summed E-state index contributed by atoms with van der Waals surface area (Å²) in [5.41, 5.74) is 1.78. The van der Waals surface area contributed by atoms with Crippen LogP contribution >= 0.6 is 12.4 Å². The van der Waals surface area contributed by atoms with Crippen LogP contribution in [0.1, 0.15) is 0 Å². The third-order valence-corrected chi connectivity index (χ3v) is 2.46. The van der Waals surface area contributed by atoms with Crippen molar-refractivity contribution in [2.45, 2.75) is 6.10 Å². The van der Waals surface area contributed by atoms with Gasteiger partial charge in [0.15, 0.2) is 0 Å². The molecule has 2 heterocycles. The fraction of sp³-hybridized carbons (Fsp3) is 0.273. The Hall–Kier alpha value is -1.39. The van der Waals surface area contributed by atoms with Crippen LogP contribution in [0, 0.1) is 0 Å². The van der Waals surface area contributed by atoms with E-state index in [0.29, 0.717) is 5.88 Å². The lowest BCUT2D eigenvalue weighted by Gasteiger charge is -2.26. The van der Waals surface area contributed by atoms with Crippen LogP contribution in [0.4, 0.5) is 0 Å². The third-order valence-electron chi connectivity index (χ3n) is 2.46. The third kappa shape index (κ3) is 2.08. The first kappa shape index (κ1) is 11.1. The monoisotopic (exact) mass is 237 g/mol. The van der Waals surface area contributed by atoms with Gasteiger partial charge >= 0.3 is 0 Å². The molecule has 3 rings (SSSR count). The van der Waals surface area contributed by atoms with Gasteiger partial charge in [-0.1, -0.05) is 12.1 Å². The smallest absolute Gasteiger partial charge is 0.233 e. The van der Waals surface area contributed by atoms with E-state index in [4.69, 9.17) is 4.74 Å². The summed E-state index contributed by atoms with van der Waals surface area (Å²) in [6.07, 6.45) is 1.93. The molecule has 4 nitrogen and oxygen atoms in total. The Morgan fingerprint density at radius 1 is 1.19 bits per heavy atom. The van der Waals surface area contributed by atoms with Crippen molar-refractivity contribution in [3.63, 3.8) is 0 Å². The second kappa shape index (κ2) is 4.63. The largest absolute Gasteiger partial charge is 0.471 e. The van der Waals surface area contributed by atoms with Crippen molar-refractivity contribution < 1.29 is 4.74 Å². The molecule has 0 radical (unpaired) electrons. The Kier molecular flexibility index (Phi) is 3.22. The molecular formula is C11H12ClN3O. The number of nitrogens with one attached hydrogen (secondary N) is 1. The standard InChI is InChI=1S/C11H11N3O.ClH/c1-2-4-10-9(3-1)13-7-11(14-10)15-8-5-12-6-8;/h1-4,7-8,12H,5-6H2;1H. The molecule has 1 aliphatic heterocycles. The van der Waals surface area contributed by atoms with Gasteiger partial charge in [0.05, 0.1) is 17.2 Å². The van der Waals surface area contributed by atoms with E-state index in [-0.39, 0.29) is 18.5 Å². The van der Waals surface area contributed by atoms with Gasteiger partial charge in [-0.05, 0) is 12.1 Å². The summed E-state index contributed by atoms with van der Waals surface area (Å²) in [6, 6.07) is 7.78. The number of nitrogens with zero attached hydrogens (tertiary/aromatic N) is 2. The first-order chi connectivity index (χ1) is 7.42. The summed E-state index contributed by atoms with van der Waals surface area (Å²) >= 11 is 0. The van der Waals surface area contributed by atoms with Gasteiger partial charge in [-0.15, -0.1) is 12.4 Å². The van der Waals surface area contributed by atoms with E-state index in [0.717, 1.165) is 24.1 Å². The van der Waals surface area contributed by atoms with Crippen LogP contribution in [-0.2, 0) is 0 Å². The number of benzene rings is 1. The molecule has 2 aromatic rings. The Labute approximate surface area is 99.5 Å². The van der Waals surface area contributed by atoms with Crippen LogP contribution in [-0.4, -0.2) is 29.2 Å². The average Bonchev–Trinajstić information content (AvgIpc) is 2.23. The normalized spacial score (nSPS) is 15.2. The molecule has 1 fully saturated rings. The molecule has 0 unspecified atom stereocenters. The maximum absolute atomic E-state index is 5.62. The Morgan fingerprint density at radius 3 is 2.62 bits per heavy atom. The lowest BCUT2D eigenvalue weighted by atomic mass is 10.2. The van der Waals surface area contributed by atoms with Crippen molar-refractivity contribution in [2.24, 2.45) is 0 Å². The average molecular weight is 238 g/mol. The molecule has 5 heteroatoms. The first-order valence-corrected chi connectivity index (χ1v) is 5.01. The second-order valence-electron chi connectivity index (χ2n) is 3.60. The molecule has 0 bridgehead atoms. The van der Waals surface area contributed by atoms with E-state index in [2.05, 4.69) is 15.3 Å². The highest BCUT2D eigenvalue weighted by Crippen LogP contribution is 2.14. The van der Waals surface area contributed by atoms with Crippen molar-refractivity contribution in [2.75, 3.05) is 13.1 Å². The fourth-order valence-electron chi connectivity index (χ4n) is 1.51. The van der Waals surface area contributed by atoms with E-state index in [1.807, 2.05) is 24.3 Å². The van der Waals surface area contributed by atoms with Crippen LogP contribution in [0.15, 0.2) is 30.5 Å². The quantitative estimate of drug-likeness (QED) is 0.858. The number of fused-ring (bicyclic) bond motifs is 1. The topological polar surface area (TPSA) is 47.0 Å². The Morgan fingerprint density at radius 2 is 1.94 bits per heavy atom. The summed E-state index contributed by atoms with van der Waals surface area (Å²) in [4.78, 5) is 8.67. The number of ether oxygens (including phenoxy) is 1. The molecule has 1 N–H and O–H groups in total. The molecule has 0 saturated carbocycles. The number of para-hydroxylation sites is 2. The zero-order valence-electron chi connectivity index (χ0n) is 8.59. The SMILES string of the molecule is Cl.c1ccc2nc(OC3CNC3)cnc2c1. The van der Waals surface area contributed by atoms with Crippen LogP contribution in [0.2, 0.25) is 0 Å². The zero-order chi connectivity index (χ0) is 10.1. The molecule has 16 heavy (non-hydrogen) atoms. The van der Waals surface area contributed by atoms with E-state index in [9.17, 15) is 0 Å². The number of hydrogen-bond donors (Lipinski definition) is 1. The van der Waals surface area contributed by atoms with Crippen molar-refractivity contribution in [3.05, 3.63) is 30.5 Å². The number of rotatable bonds is 2. The molecule has 84 valence electrons. The van der Waals surface area contributed by atoms with Crippen LogP contribution in [0.5, 0.6) is 5.88 Å². The van der Waals surface area contributed by atoms with Crippen molar-refractivity contribution in [1.29, 1.82) is 0 Å². The van der Waals surface area contributed by atoms with Crippen molar-refractivity contribution >= 4 is 23.4 Å². The number of aromatic nitrogens is 2. The van der Waals surface area contributed by atoms with Gasteiger partial charge in [0, 0.05) is 13.1 Å². The van der Waals surface area contributed by atoms with Crippen LogP contribution in [0.25, 0.3) is 11.0 Å². The van der Waals surface area contributed by atoms with Crippen LogP contribution in [0.3, 0.4) is 0 Å². The lowest BCUT2D eigenvalue weighted by molar-refractivity contribution is 0.136. The van der Waals surface area contributed by atoms with Gasteiger partial charge in [0.25, 0.3) is 0 Å². The van der Waals surface area contributed by atoms with Gasteiger partial charge in [0.2, 0.25) is 5.88 Å². The molecule has 1 aromatic carbocycles. The summed E-state index contributed by atoms with van der Waals surface area (Å²) in [7, 11) is 0. The van der Waals surface area contributed by atoms with Crippen molar-refractivity contribution in [1.82, 2.24) is 15.3 Å². The molecule has 0 aliphatic carbocycles. The number of halogens is 1. The maximum Gasteiger partial charge on any atom is 0.233 e. The Balaban J connectivity index is 0.000000963. The predicted octanol–water partition coefficient (Wildman–Crippen LogP) is 1.40. The van der Waals surface area contributed by atoms with Crippen LogP contribution < -0.4 is 10.1 Å². The molecule has 0 amide bonds. The van der Waals surface area contributed by atoms with Gasteiger partial charge in [-0.3, -0.25) is 0 Å². The van der Waals surface area contributed by atoms with Gasteiger partial charge in [-0.2, -0.15) is 0 Å². The summed E-state index contributed by atoms with van der Waals surface area (Å²) < 4.78 is 5.62. The molecule has 1 aliphatic rings. The Bertz CT molecular complexity index is 487. The minimum Gasteiger partial charge on any atom is -0.471 e. The molecule has 1 saturated heterocycles. The first-order valence-electron chi connectivity index (χ1n) is 5.01. The van der Waals surface area contributed by atoms with E-state index >= 15 is 0 Å². The molecular weight excluding hydrogens is 226 g/mol. The number of hydrogen-bond acceptors (Lipinski definition) is 4. The molecule has 1 aromatic heterocycles. The molecule has 0 spiro atoms. The van der Waals surface area contributed by atoms with Gasteiger partial charge in [-0.25, -0.2) is 9.97 Å². The van der Waals surface area contributed by atoms with E-state index in [1.165, 1.54) is 0 Å². The van der Waals surface area contributed by atoms with E-state index < -0.39 is 0 Å². The predicted molar refractivity (Wildman–Crippen MR) is 64.1 cm³/mol. The summed E-state index contributed by atoms with van der Waals surface area (Å²) in [6.45, 7) is 1.79. The van der Waals surface area contributed by atoms with E-state index in [1.54, 1.807) is 6.20 Å². The minimum absolute atomic E-state index is 0. The highest BCUT2D eigenvalue weighted by molar-refractivity contribution is 5.85. The summed E-state index contributed by atoms with van der Waals surface area (Å²) in [5.74, 6) is 0.611. The highest BCUT2D eigenvalue weighted by atomic mass is 35.5. The second-order valence-corrected chi connectivity index (χ2v) is 3.60.